The lowest BCUT2D eigenvalue weighted by Crippen LogP contribution is -3.09. The van der Waals surface area contributed by atoms with Gasteiger partial charge in [-0.15, -0.1) is 0 Å². The third-order valence-electron chi connectivity index (χ3n) is 3.38. The van der Waals surface area contributed by atoms with Gasteiger partial charge in [0, 0.05) is 5.56 Å². The molecule has 1 aromatic carbocycles. The number of nitrogens with one attached hydrogen (secondary N) is 1. The van der Waals surface area contributed by atoms with E-state index >= 15 is 0 Å². The molecule has 0 aliphatic carbocycles. The number of hydrogen-bond donors (Lipinski definition) is 2. The number of hydrogen-bond acceptors (Lipinski definition) is 3. The Hall–Kier alpha value is -1.75. The highest BCUT2D eigenvalue weighted by molar-refractivity contribution is 5.66. The molecule has 0 bridgehead atoms. The summed E-state index contributed by atoms with van der Waals surface area (Å²) < 4.78 is 10.5. The van der Waals surface area contributed by atoms with Crippen molar-refractivity contribution < 1.29 is 24.3 Å². The average Bonchev–Trinajstić information content (AvgIpc) is 2.42. The molecule has 2 unspecified atom stereocenters. The number of ether oxygens (including phenoxy) is 2. The van der Waals surface area contributed by atoms with Crippen molar-refractivity contribution >= 4 is 5.97 Å². The second-order valence-electron chi connectivity index (χ2n) is 4.58. The Bertz CT molecular complexity index is 433. The maximum Gasteiger partial charge on any atom is 0.309 e. The van der Waals surface area contributed by atoms with Crippen LogP contribution >= 0.6 is 0 Å². The van der Waals surface area contributed by atoms with E-state index in [0.717, 1.165) is 10.5 Å². The van der Waals surface area contributed by atoms with E-state index in [0.29, 0.717) is 18.0 Å². The first-order valence-corrected chi connectivity index (χ1v) is 6.25. The van der Waals surface area contributed by atoms with Gasteiger partial charge in [0.15, 0.2) is 11.5 Å². The summed E-state index contributed by atoms with van der Waals surface area (Å²) in [7, 11) is 5.20. The zero-order valence-electron chi connectivity index (χ0n) is 11.9. The third-order valence-corrected chi connectivity index (χ3v) is 3.38. The number of benzene rings is 1. The molecule has 0 fully saturated rings. The second-order valence-corrected chi connectivity index (χ2v) is 4.58. The minimum Gasteiger partial charge on any atom is -0.493 e. The highest BCUT2D eigenvalue weighted by Gasteiger charge is 2.18. The molecule has 0 heterocycles. The van der Waals surface area contributed by atoms with Crippen molar-refractivity contribution in [2.75, 3.05) is 27.8 Å². The van der Waals surface area contributed by atoms with Gasteiger partial charge in [0.1, 0.15) is 6.04 Å². The van der Waals surface area contributed by atoms with Gasteiger partial charge >= 0.3 is 5.97 Å². The highest BCUT2D eigenvalue weighted by atomic mass is 16.5. The van der Waals surface area contributed by atoms with Gasteiger partial charge < -0.3 is 19.5 Å². The normalized spacial score (nSPS) is 13.7. The summed E-state index contributed by atoms with van der Waals surface area (Å²) in [6.07, 6.45) is 0.170. The Morgan fingerprint density at radius 1 is 1.32 bits per heavy atom. The minimum atomic E-state index is -0.765. The lowest BCUT2D eigenvalue weighted by molar-refractivity contribution is -0.909. The van der Waals surface area contributed by atoms with Crippen molar-refractivity contribution in [1.82, 2.24) is 0 Å². The summed E-state index contributed by atoms with van der Waals surface area (Å²) >= 11 is 0. The molecule has 1 aromatic rings. The van der Waals surface area contributed by atoms with E-state index in [9.17, 15) is 4.79 Å². The molecular formula is C14H22NO4+. The van der Waals surface area contributed by atoms with Gasteiger partial charge in [0.2, 0.25) is 0 Å². The average molecular weight is 268 g/mol. The predicted octanol–water partition coefficient (Wildman–Crippen LogP) is 0.754. The molecule has 0 aliphatic rings. The van der Waals surface area contributed by atoms with E-state index in [2.05, 4.69) is 6.92 Å². The van der Waals surface area contributed by atoms with Gasteiger partial charge in [0.05, 0.1) is 34.2 Å². The Morgan fingerprint density at radius 2 is 1.95 bits per heavy atom. The first-order chi connectivity index (χ1) is 8.99. The zero-order valence-corrected chi connectivity index (χ0v) is 11.9. The van der Waals surface area contributed by atoms with Crippen LogP contribution in [0.5, 0.6) is 11.5 Å². The van der Waals surface area contributed by atoms with Gasteiger partial charge in [-0.05, 0) is 25.1 Å². The monoisotopic (exact) mass is 268 g/mol. The van der Waals surface area contributed by atoms with Crippen LogP contribution in [-0.4, -0.2) is 38.9 Å². The molecule has 1 rings (SSSR count). The van der Waals surface area contributed by atoms with Crippen LogP contribution in [-0.2, 0) is 4.79 Å². The summed E-state index contributed by atoms with van der Waals surface area (Å²) in [5.74, 6) is 0.624. The molecular weight excluding hydrogens is 246 g/mol. The zero-order chi connectivity index (χ0) is 14.4. The molecule has 19 heavy (non-hydrogen) atoms. The van der Waals surface area contributed by atoms with Crippen LogP contribution in [0.3, 0.4) is 0 Å². The van der Waals surface area contributed by atoms with E-state index in [1.54, 1.807) is 14.2 Å². The molecule has 0 spiro atoms. The molecule has 0 saturated heterocycles. The van der Waals surface area contributed by atoms with E-state index in [1.807, 2.05) is 25.2 Å². The van der Waals surface area contributed by atoms with Crippen molar-refractivity contribution in [1.29, 1.82) is 0 Å². The molecule has 2 atom stereocenters. The van der Waals surface area contributed by atoms with Gasteiger partial charge in [-0.3, -0.25) is 4.79 Å². The maximum absolute atomic E-state index is 10.6. The first kappa shape index (κ1) is 15.3. The van der Waals surface area contributed by atoms with Crippen LogP contribution in [0.4, 0.5) is 0 Å². The molecule has 0 radical (unpaired) electrons. The summed E-state index contributed by atoms with van der Waals surface area (Å²) in [5.41, 5.74) is 1.10. The maximum atomic E-state index is 10.6. The molecule has 0 aliphatic heterocycles. The van der Waals surface area contributed by atoms with Crippen LogP contribution in [0, 0.1) is 0 Å². The van der Waals surface area contributed by atoms with Crippen molar-refractivity contribution in [2.45, 2.75) is 19.4 Å². The smallest absolute Gasteiger partial charge is 0.309 e. The molecule has 2 N–H and O–H groups in total. The SMILES string of the molecule is COc1ccc(C(C)[NH+](C)CCC(=O)O)cc1OC. The lowest BCUT2D eigenvalue weighted by Gasteiger charge is -2.22. The van der Waals surface area contributed by atoms with Crippen molar-refractivity contribution in [2.24, 2.45) is 0 Å². The second kappa shape index (κ2) is 6.99. The fraction of sp³-hybridized carbons (Fsp3) is 0.500. The summed E-state index contributed by atoms with van der Waals surface area (Å²) in [5, 5.41) is 8.72. The molecule has 5 heteroatoms. The van der Waals surface area contributed by atoms with Crippen molar-refractivity contribution in [3.05, 3.63) is 23.8 Å². The Labute approximate surface area is 113 Å². The predicted molar refractivity (Wildman–Crippen MR) is 72.0 cm³/mol. The number of carboxylic acids is 1. The van der Waals surface area contributed by atoms with Crippen LogP contribution in [0.25, 0.3) is 0 Å². The summed E-state index contributed by atoms with van der Waals surface area (Å²) in [4.78, 5) is 11.7. The van der Waals surface area contributed by atoms with Crippen LogP contribution < -0.4 is 14.4 Å². The quantitative estimate of drug-likeness (QED) is 0.766. The molecule has 5 nitrogen and oxygen atoms in total. The molecule has 0 aromatic heterocycles. The summed E-state index contributed by atoms with van der Waals surface area (Å²) in [6.45, 7) is 2.66. The number of methoxy groups -OCH3 is 2. The van der Waals surface area contributed by atoms with Crippen LogP contribution in [0.1, 0.15) is 24.9 Å². The van der Waals surface area contributed by atoms with E-state index < -0.39 is 5.97 Å². The van der Waals surface area contributed by atoms with Crippen molar-refractivity contribution in [3.8, 4) is 11.5 Å². The Balaban J connectivity index is 2.81. The number of carbonyl (C=O) groups is 1. The molecule has 0 saturated carbocycles. The molecule has 0 amide bonds. The molecule has 106 valence electrons. The number of carboxylic acid groups (broad SMARTS) is 1. The van der Waals surface area contributed by atoms with Gasteiger partial charge in [-0.25, -0.2) is 0 Å². The summed E-state index contributed by atoms with van der Waals surface area (Å²) in [6, 6.07) is 5.98. The fourth-order valence-corrected chi connectivity index (χ4v) is 1.93. The first-order valence-electron chi connectivity index (χ1n) is 6.25. The van der Waals surface area contributed by atoms with Crippen LogP contribution in [0.2, 0.25) is 0 Å². The third kappa shape index (κ3) is 4.13. The highest BCUT2D eigenvalue weighted by Crippen LogP contribution is 2.29. The number of rotatable bonds is 7. The van der Waals surface area contributed by atoms with E-state index in [1.165, 1.54) is 0 Å². The van der Waals surface area contributed by atoms with E-state index in [-0.39, 0.29) is 12.5 Å². The minimum absolute atomic E-state index is 0.170. The Morgan fingerprint density at radius 3 is 2.47 bits per heavy atom. The Kier molecular flexibility index (Phi) is 5.63. The van der Waals surface area contributed by atoms with Gasteiger partial charge in [-0.2, -0.15) is 0 Å². The van der Waals surface area contributed by atoms with Gasteiger partial charge in [0.25, 0.3) is 0 Å². The number of quaternary nitrogens is 1. The van der Waals surface area contributed by atoms with Crippen molar-refractivity contribution in [3.63, 3.8) is 0 Å². The van der Waals surface area contributed by atoms with Crippen LogP contribution in [0.15, 0.2) is 18.2 Å². The standard InChI is InChI=1S/C14H21NO4/c1-10(15(2)8-7-14(16)17)11-5-6-12(18-3)13(9-11)19-4/h5-6,9-10H,7-8H2,1-4H3,(H,16,17)/p+1. The van der Waals surface area contributed by atoms with Gasteiger partial charge in [-0.1, -0.05) is 0 Å². The largest absolute Gasteiger partial charge is 0.493 e. The van der Waals surface area contributed by atoms with E-state index in [4.69, 9.17) is 14.6 Å². The lowest BCUT2D eigenvalue weighted by atomic mass is 10.1. The topological polar surface area (TPSA) is 60.2 Å². The fourth-order valence-electron chi connectivity index (χ4n) is 1.93. The number of aliphatic carboxylic acids is 1.